The quantitative estimate of drug-likeness (QED) is 0.501. The van der Waals surface area contributed by atoms with Gasteiger partial charge in [-0.25, -0.2) is 4.98 Å². The van der Waals surface area contributed by atoms with Gasteiger partial charge >= 0.3 is 0 Å². The number of nitrogens with zero attached hydrogens (tertiary/aromatic N) is 2. The van der Waals surface area contributed by atoms with Crippen molar-refractivity contribution >= 4 is 22.7 Å². The van der Waals surface area contributed by atoms with Crippen molar-refractivity contribution in [3.8, 4) is 0 Å². The van der Waals surface area contributed by atoms with Crippen molar-refractivity contribution in [3.63, 3.8) is 0 Å². The van der Waals surface area contributed by atoms with E-state index in [1.165, 1.54) is 12.3 Å². The lowest BCUT2D eigenvalue weighted by Crippen LogP contribution is -2.12. The summed E-state index contributed by atoms with van der Waals surface area (Å²) in [7, 11) is 0. The van der Waals surface area contributed by atoms with E-state index in [0.29, 0.717) is 16.7 Å². The first-order chi connectivity index (χ1) is 6.16. The minimum atomic E-state index is -0.331. The van der Waals surface area contributed by atoms with E-state index >= 15 is 0 Å². The van der Waals surface area contributed by atoms with Crippen LogP contribution < -0.4 is 17.0 Å². The molecule has 0 aliphatic carbocycles. The summed E-state index contributed by atoms with van der Waals surface area (Å²) in [5, 5.41) is 0.342. The molecule has 0 saturated carbocycles. The summed E-state index contributed by atoms with van der Waals surface area (Å²) < 4.78 is 0. The second kappa shape index (κ2) is 2.44. The van der Waals surface area contributed by atoms with Crippen LogP contribution in [-0.4, -0.2) is 15.0 Å². The molecule has 0 spiro atoms. The molecule has 6 nitrogen and oxygen atoms in total. The molecule has 0 fully saturated rings. The molecule has 0 aromatic carbocycles. The van der Waals surface area contributed by atoms with Crippen LogP contribution in [0.3, 0.4) is 0 Å². The Morgan fingerprint density at radius 1 is 1.38 bits per heavy atom. The van der Waals surface area contributed by atoms with Crippen molar-refractivity contribution in [2.75, 3.05) is 11.5 Å². The third-order valence-corrected chi connectivity index (χ3v) is 1.60. The van der Waals surface area contributed by atoms with Gasteiger partial charge in [0.15, 0.2) is 5.65 Å². The summed E-state index contributed by atoms with van der Waals surface area (Å²) in [4.78, 5) is 21.3. The number of H-pyrrole nitrogens is 1. The van der Waals surface area contributed by atoms with E-state index < -0.39 is 0 Å². The number of nitrogen functional groups attached to an aromatic ring is 2. The standard InChI is InChI=1S/C7H7N5O/c8-3-1-4-5(10-2-3)11-7(9)12-6(4)13/h1-2H,8H2,(H3,9,10,11,12,13). The number of hydrogen-bond donors (Lipinski definition) is 3. The first-order valence-electron chi connectivity index (χ1n) is 3.58. The Morgan fingerprint density at radius 3 is 2.92 bits per heavy atom. The van der Waals surface area contributed by atoms with Crippen molar-refractivity contribution in [1.29, 1.82) is 0 Å². The zero-order valence-corrected chi connectivity index (χ0v) is 6.61. The highest BCUT2D eigenvalue weighted by molar-refractivity contribution is 5.77. The van der Waals surface area contributed by atoms with Crippen molar-refractivity contribution in [3.05, 3.63) is 22.6 Å². The van der Waals surface area contributed by atoms with Gasteiger partial charge < -0.3 is 11.5 Å². The van der Waals surface area contributed by atoms with E-state index in [4.69, 9.17) is 11.5 Å². The van der Waals surface area contributed by atoms with E-state index in [2.05, 4.69) is 15.0 Å². The molecule has 6 heteroatoms. The van der Waals surface area contributed by atoms with Gasteiger partial charge in [0.25, 0.3) is 5.56 Å². The molecule has 0 atom stereocenters. The fourth-order valence-electron chi connectivity index (χ4n) is 1.06. The summed E-state index contributed by atoms with van der Waals surface area (Å²) in [5.74, 6) is 0.0507. The topological polar surface area (TPSA) is 111 Å². The second-order valence-corrected chi connectivity index (χ2v) is 2.59. The second-order valence-electron chi connectivity index (χ2n) is 2.59. The molecule has 0 radical (unpaired) electrons. The first kappa shape index (κ1) is 7.53. The molecule has 0 aliphatic heterocycles. The summed E-state index contributed by atoms with van der Waals surface area (Å²) >= 11 is 0. The Morgan fingerprint density at radius 2 is 2.15 bits per heavy atom. The van der Waals surface area contributed by atoms with Gasteiger partial charge in [0.1, 0.15) is 0 Å². The molecule has 2 aromatic rings. The molecule has 0 aliphatic rings. The Hall–Kier alpha value is -2.11. The molecule has 2 rings (SSSR count). The van der Waals surface area contributed by atoms with E-state index in [1.807, 2.05) is 0 Å². The maximum atomic E-state index is 11.3. The highest BCUT2D eigenvalue weighted by Gasteiger charge is 2.02. The molecule has 2 aromatic heterocycles. The lowest BCUT2D eigenvalue weighted by atomic mass is 10.3. The van der Waals surface area contributed by atoms with Gasteiger partial charge in [-0.15, -0.1) is 0 Å². The van der Waals surface area contributed by atoms with Crippen LogP contribution in [0, 0.1) is 0 Å². The Labute approximate surface area is 72.6 Å². The monoisotopic (exact) mass is 177 g/mol. The lowest BCUT2D eigenvalue weighted by Gasteiger charge is -1.97. The van der Waals surface area contributed by atoms with Crippen molar-refractivity contribution in [2.24, 2.45) is 0 Å². The smallest absolute Gasteiger partial charge is 0.261 e. The fraction of sp³-hybridized carbons (Fsp3) is 0. The third-order valence-electron chi connectivity index (χ3n) is 1.60. The molecule has 2 heterocycles. The normalized spacial score (nSPS) is 10.5. The van der Waals surface area contributed by atoms with Crippen LogP contribution in [0.2, 0.25) is 0 Å². The number of nitrogens with one attached hydrogen (secondary N) is 1. The van der Waals surface area contributed by atoms with E-state index in [-0.39, 0.29) is 11.5 Å². The lowest BCUT2D eigenvalue weighted by molar-refractivity contribution is 1.16. The fourth-order valence-corrected chi connectivity index (χ4v) is 1.06. The van der Waals surface area contributed by atoms with Gasteiger partial charge in [-0.2, -0.15) is 4.98 Å². The van der Waals surface area contributed by atoms with Gasteiger partial charge in [-0.3, -0.25) is 9.78 Å². The number of anilines is 2. The van der Waals surface area contributed by atoms with Crippen LogP contribution in [0.1, 0.15) is 0 Å². The molecule has 0 bridgehead atoms. The average Bonchev–Trinajstić information content (AvgIpc) is 2.06. The number of fused-ring (bicyclic) bond motifs is 1. The van der Waals surface area contributed by atoms with Crippen LogP contribution in [0.5, 0.6) is 0 Å². The molecule has 13 heavy (non-hydrogen) atoms. The molecule has 0 amide bonds. The zero-order chi connectivity index (χ0) is 9.42. The van der Waals surface area contributed by atoms with Crippen LogP contribution >= 0.6 is 0 Å². The maximum Gasteiger partial charge on any atom is 0.261 e. The number of aromatic nitrogens is 3. The SMILES string of the molecule is Nc1cnc2nc(N)[nH]c(=O)c2c1. The minimum Gasteiger partial charge on any atom is -0.397 e. The number of nitrogens with two attached hydrogens (primary N) is 2. The van der Waals surface area contributed by atoms with Gasteiger partial charge in [0.2, 0.25) is 5.95 Å². The first-order valence-corrected chi connectivity index (χ1v) is 3.58. The molecule has 5 N–H and O–H groups in total. The van der Waals surface area contributed by atoms with Crippen LogP contribution in [0.25, 0.3) is 11.0 Å². The highest BCUT2D eigenvalue weighted by Crippen LogP contribution is 2.07. The molecular formula is C7H7N5O. The highest BCUT2D eigenvalue weighted by atomic mass is 16.1. The summed E-state index contributed by atoms with van der Waals surface area (Å²) in [6.45, 7) is 0. The van der Waals surface area contributed by atoms with E-state index in [9.17, 15) is 4.79 Å². The van der Waals surface area contributed by atoms with Gasteiger partial charge in [0, 0.05) is 0 Å². The summed E-state index contributed by atoms with van der Waals surface area (Å²) in [5.41, 5.74) is 11.2. The van der Waals surface area contributed by atoms with Gasteiger partial charge in [-0.1, -0.05) is 0 Å². The largest absolute Gasteiger partial charge is 0.397 e. The summed E-state index contributed by atoms with van der Waals surface area (Å²) in [6, 6.07) is 1.51. The number of hydrogen-bond acceptors (Lipinski definition) is 5. The van der Waals surface area contributed by atoms with Gasteiger partial charge in [0.05, 0.1) is 17.3 Å². The third kappa shape index (κ3) is 1.18. The predicted octanol–water partition coefficient (Wildman–Crippen LogP) is -0.518. The molecular weight excluding hydrogens is 170 g/mol. The van der Waals surface area contributed by atoms with Crippen molar-refractivity contribution < 1.29 is 0 Å². The number of pyridine rings is 1. The molecule has 0 saturated heterocycles. The van der Waals surface area contributed by atoms with E-state index in [0.717, 1.165) is 0 Å². The Bertz CT molecular complexity index is 518. The summed E-state index contributed by atoms with van der Waals surface area (Å²) in [6.07, 6.45) is 1.42. The molecule has 66 valence electrons. The van der Waals surface area contributed by atoms with E-state index in [1.54, 1.807) is 0 Å². The van der Waals surface area contributed by atoms with Gasteiger partial charge in [-0.05, 0) is 6.07 Å². The zero-order valence-electron chi connectivity index (χ0n) is 6.61. The predicted molar refractivity (Wildman–Crippen MR) is 49.0 cm³/mol. The Kier molecular flexibility index (Phi) is 1.42. The Balaban J connectivity index is 2.95. The van der Waals surface area contributed by atoms with Crippen LogP contribution in [0.15, 0.2) is 17.1 Å². The number of aromatic amines is 1. The number of rotatable bonds is 0. The molecule has 0 unspecified atom stereocenters. The van der Waals surface area contributed by atoms with Crippen molar-refractivity contribution in [2.45, 2.75) is 0 Å². The minimum absolute atomic E-state index is 0.0507. The maximum absolute atomic E-state index is 11.3. The average molecular weight is 177 g/mol. The van der Waals surface area contributed by atoms with Crippen molar-refractivity contribution in [1.82, 2.24) is 15.0 Å². The van der Waals surface area contributed by atoms with Crippen LogP contribution in [-0.2, 0) is 0 Å². The van der Waals surface area contributed by atoms with Crippen LogP contribution in [0.4, 0.5) is 11.6 Å².